The SMILES string of the molecule is COc1ccc(-c2nc3ccccc3o2)cc1NC(=O)/C=C/c1ccccc1. The van der Waals surface area contributed by atoms with Gasteiger partial charge < -0.3 is 14.5 Å². The van der Waals surface area contributed by atoms with E-state index >= 15 is 0 Å². The van der Waals surface area contributed by atoms with E-state index in [0.717, 1.165) is 16.6 Å². The van der Waals surface area contributed by atoms with E-state index in [2.05, 4.69) is 10.3 Å². The van der Waals surface area contributed by atoms with Crippen molar-refractivity contribution in [3.8, 4) is 17.2 Å². The molecule has 1 N–H and O–H groups in total. The number of carbonyl (C=O) groups is 1. The number of oxazole rings is 1. The van der Waals surface area contributed by atoms with Crippen LogP contribution in [0.25, 0.3) is 28.6 Å². The number of nitrogens with zero attached hydrogens (tertiary/aromatic N) is 1. The van der Waals surface area contributed by atoms with E-state index < -0.39 is 0 Å². The summed E-state index contributed by atoms with van der Waals surface area (Å²) in [6.07, 6.45) is 3.24. The van der Waals surface area contributed by atoms with E-state index in [1.165, 1.54) is 6.08 Å². The fourth-order valence-electron chi connectivity index (χ4n) is 2.84. The smallest absolute Gasteiger partial charge is 0.248 e. The van der Waals surface area contributed by atoms with Gasteiger partial charge in [0, 0.05) is 11.6 Å². The Balaban J connectivity index is 1.60. The highest BCUT2D eigenvalue weighted by molar-refractivity contribution is 6.03. The first-order chi connectivity index (χ1) is 13.7. The average molecular weight is 370 g/mol. The van der Waals surface area contributed by atoms with Crippen molar-refractivity contribution in [2.24, 2.45) is 0 Å². The van der Waals surface area contributed by atoms with Gasteiger partial charge in [0.15, 0.2) is 5.58 Å². The van der Waals surface area contributed by atoms with Crippen LogP contribution in [0.4, 0.5) is 5.69 Å². The number of amides is 1. The molecule has 4 rings (SSSR count). The number of methoxy groups -OCH3 is 1. The second-order valence-corrected chi connectivity index (χ2v) is 6.14. The summed E-state index contributed by atoms with van der Waals surface area (Å²) >= 11 is 0. The van der Waals surface area contributed by atoms with Gasteiger partial charge in [-0.1, -0.05) is 42.5 Å². The molecule has 0 atom stereocenters. The molecule has 0 aliphatic carbocycles. The minimum absolute atomic E-state index is 0.253. The van der Waals surface area contributed by atoms with Gasteiger partial charge in [0.05, 0.1) is 12.8 Å². The molecular weight excluding hydrogens is 352 g/mol. The lowest BCUT2D eigenvalue weighted by molar-refractivity contribution is -0.111. The van der Waals surface area contributed by atoms with Gasteiger partial charge in [-0.25, -0.2) is 4.98 Å². The normalized spacial score (nSPS) is 11.0. The lowest BCUT2D eigenvalue weighted by atomic mass is 10.1. The summed E-state index contributed by atoms with van der Waals surface area (Å²) in [5.74, 6) is 0.789. The van der Waals surface area contributed by atoms with E-state index in [-0.39, 0.29) is 5.91 Å². The van der Waals surface area contributed by atoms with E-state index in [9.17, 15) is 4.79 Å². The number of para-hydroxylation sites is 2. The van der Waals surface area contributed by atoms with Gasteiger partial charge in [-0.15, -0.1) is 0 Å². The number of nitrogens with one attached hydrogen (secondary N) is 1. The van der Waals surface area contributed by atoms with Crippen LogP contribution in [0.2, 0.25) is 0 Å². The molecular formula is C23H18N2O3. The van der Waals surface area contributed by atoms with Crippen molar-refractivity contribution >= 4 is 28.8 Å². The van der Waals surface area contributed by atoms with Crippen LogP contribution in [0.3, 0.4) is 0 Å². The van der Waals surface area contributed by atoms with Crippen molar-refractivity contribution in [2.75, 3.05) is 12.4 Å². The predicted octanol–water partition coefficient (Wildman–Crippen LogP) is 5.16. The summed E-state index contributed by atoms with van der Waals surface area (Å²) in [4.78, 5) is 16.9. The molecule has 5 heteroatoms. The number of benzene rings is 3. The number of aromatic nitrogens is 1. The maximum absolute atomic E-state index is 12.4. The van der Waals surface area contributed by atoms with Gasteiger partial charge in [0.1, 0.15) is 11.3 Å². The molecule has 1 aromatic heterocycles. The molecule has 1 amide bonds. The number of ether oxygens (including phenoxy) is 1. The Morgan fingerprint density at radius 3 is 2.61 bits per heavy atom. The summed E-state index contributed by atoms with van der Waals surface area (Å²) in [5.41, 5.74) is 3.74. The average Bonchev–Trinajstić information content (AvgIpc) is 3.17. The van der Waals surface area contributed by atoms with Gasteiger partial charge in [0.2, 0.25) is 11.8 Å². The number of carbonyl (C=O) groups excluding carboxylic acids is 1. The third-order valence-electron chi connectivity index (χ3n) is 4.22. The minimum atomic E-state index is -0.253. The maximum Gasteiger partial charge on any atom is 0.248 e. The number of anilines is 1. The van der Waals surface area contributed by atoms with Crippen LogP contribution in [-0.2, 0) is 4.79 Å². The van der Waals surface area contributed by atoms with E-state index in [1.807, 2.05) is 60.7 Å². The van der Waals surface area contributed by atoms with Crippen molar-refractivity contribution in [3.63, 3.8) is 0 Å². The summed E-state index contributed by atoms with van der Waals surface area (Å²) in [6, 6.07) is 22.6. The van der Waals surface area contributed by atoms with Crippen LogP contribution in [0.5, 0.6) is 5.75 Å². The minimum Gasteiger partial charge on any atom is -0.495 e. The molecule has 5 nitrogen and oxygen atoms in total. The molecule has 0 aliphatic rings. The Morgan fingerprint density at radius 1 is 1.04 bits per heavy atom. The number of fused-ring (bicyclic) bond motifs is 1. The Kier molecular flexibility index (Phi) is 4.89. The Labute approximate surface area is 162 Å². The highest BCUT2D eigenvalue weighted by Crippen LogP contribution is 2.31. The Bertz CT molecular complexity index is 1110. The standard InChI is InChI=1S/C23H18N2O3/c1-27-20-13-12-17(23-25-18-9-5-6-10-21(18)28-23)15-19(20)24-22(26)14-11-16-7-3-2-4-8-16/h2-15H,1H3,(H,24,26)/b14-11+. The zero-order valence-corrected chi connectivity index (χ0v) is 15.3. The van der Waals surface area contributed by atoms with E-state index in [1.54, 1.807) is 25.3 Å². The van der Waals surface area contributed by atoms with Crippen LogP contribution in [0.15, 0.2) is 83.3 Å². The Hall–Kier alpha value is -3.86. The monoisotopic (exact) mass is 370 g/mol. The zero-order valence-electron chi connectivity index (χ0n) is 15.3. The molecule has 0 saturated heterocycles. The second kappa shape index (κ2) is 7.80. The van der Waals surface area contributed by atoms with Gasteiger partial charge in [-0.2, -0.15) is 0 Å². The van der Waals surface area contributed by atoms with Crippen molar-refractivity contribution in [3.05, 3.63) is 84.4 Å². The summed E-state index contributed by atoms with van der Waals surface area (Å²) in [6.45, 7) is 0. The first kappa shape index (κ1) is 17.5. The number of rotatable bonds is 5. The zero-order chi connectivity index (χ0) is 19.3. The molecule has 0 unspecified atom stereocenters. The third-order valence-corrected chi connectivity index (χ3v) is 4.22. The molecule has 0 radical (unpaired) electrons. The molecule has 1 heterocycles. The lowest BCUT2D eigenvalue weighted by Gasteiger charge is -2.10. The topological polar surface area (TPSA) is 64.4 Å². The molecule has 138 valence electrons. The molecule has 0 fully saturated rings. The van der Waals surface area contributed by atoms with Crippen LogP contribution >= 0.6 is 0 Å². The van der Waals surface area contributed by atoms with Gasteiger partial charge in [-0.05, 0) is 42.0 Å². The van der Waals surface area contributed by atoms with Gasteiger partial charge in [0.25, 0.3) is 0 Å². The molecule has 0 spiro atoms. The van der Waals surface area contributed by atoms with Gasteiger partial charge >= 0.3 is 0 Å². The highest BCUT2D eigenvalue weighted by atomic mass is 16.5. The molecule has 3 aromatic carbocycles. The number of hydrogen-bond donors (Lipinski definition) is 1. The first-order valence-corrected chi connectivity index (χ1v) is 8.81. The number of hydrogen-bond acceptors (Lipinski definition) is 4. The van der Waals surface area contributed by atoms with Crippen molar-refractivity contribution in [2.45, 2.75) is 0 Å². The van der Waals surface area contributed by atoms with Crippen LogP contribution in [0.1, 0.15) is 5.56 Å². The fraction of sp³-hybridized carbons (Fsp3) is 0.0435. The van der Waals surface area contributed by atoms with Crippen molar-refractivity contribution in [1.82, 2.24) is 4.98 Å². The molecule has 28 heavy (non-hydrogen) atoms. The summed E-state index contributed by atoms with van der Waals surface area (Å²) in [7, 11) is 1.56. The van der Waals surface area contributed by atoms with Crippen LogP contribution in [-0.4, -0.2) is 18.0 Å². The first-order valence-electron chi connectivity index (χ1n) is 8.81. The summed E-state index contributed by atoms with van der Waals surface area (Å²) in [5, 5.41) is 2.86. The molecule has 0 saturated carbocycles. The van der Waals surface area contributed by atoms with Crippen LogP contribution < -0.4 is 10.1 Å². The molecule has 0 bridgehead atoms. The predicted molar refractivity (Wildman–Crippen MR) is 110 cm³/mol. The Morgan fingerprint density at radius 2 is 1.82 bits per heavy atom. The third kappa shape index (κ3) is 3.78. The lowest BCUT2D eigenvalue weighted by Crippen LogP contribution is -2.09. The molecule has 0 aliphatic heterocycles. The quantitative estimate of drug-likeness (QED) is 0.493. The van der Waals surface area contributed by atoms with Gasteiger partial charge in [-0.3, -0.25) is 4.79 Å². The van der Waals surface area contributed by atoms with E-state index in [0.29, 0.717) is 22.9 Å². The highest BCUT2D eigenvalue weighted by Gasteiger charge is 2.12. The largest absolute Gasteiger partial charge is 0.495 e. The van der Waals surface area contributed by atoms with Crippen molar-refractivity contribution < 1.29 is 13.9 Å². The van der Waals surface area contributed by atoms with Crippen molar-refractivity contribution in [1.29, 1.82) is 0 Å². The van der Waals surface area contributed by atoms with E-state index in [4.69, 9.17) is 9.15 Å². The fourth-order valence-corrected chi connectivity index (χ4v) is 2.84. The second-order valence-electron chi connectivity index (χ2n) is 6.14. The van der Waals surface area contributed by atoms with Crippen LogP contribution in [0, 0.1) is 0 Å². The summed E-state index contributed by atoms with van der Waals surface area (Å²) < 4.78 is 11.2. The molecule has 4 aromatic rings. The maximum atomic E-state index is 12.4.